The SMILES string of the molecule is O=C(COC(=O)c1ccc2c(c1)OCCO2)NN1C(=O)NC2(CCCCC2)C1=O. The standard InChI is InChI=1S/C19H21N3O7/c23-15(21-22-17(25)19(20-18(22)26)6-2-1-3-7-19)11-29-16(24)12-4-5-13-14(10-12)28-9-8-27-13/h4-5,10H,1-3,6-9,11H2,(H,20,26)(H,21,23). The second-order valence-corrected chi connectivity index (χ2v) is 7.18. The van der Waals surface area contributed by atoms with Gasteiger partial charge in [-0.25, -0.2) is 9.59 Å². The molecule has 0 unspecified atom stereocenters. The van der Waals surface area contributed by atoms with E-state index in [1.165, 1.54) is 12.1 Å². The van der Waals surface area contributed by atoms with Gasteiger partial charge in [-0.05, 0) is 31.0 Å². The quantitative estimate of drug-likeness (QED) is 0.565. The van der Waals surface area contributed by atoms with Gasteiger partial charge in [-0.15, -0.1) is 0 Å². The molecule has 2 aliphatic heterocycles. The van der Waals surface area contributed by atoms with Gasteiger partial charge >= 0.3 is 12.0 Å². The third kappa shape index (κ3) is 3.69. The first-order chi connectivity index (χ1) is 14.0. The number of ether oxygens (including phenoxy) is 3. The summed E-state index contributed by atoms with van der Waals surface area (Å²) in [6, 6.07) is 3.88. The molecule has 0 atom stereocenters. The Morgan fingerprint density at radius 3 is 2.59 bits per heavy atom. The van der Waals surface area contributed by atoms with E-state index >= 15 is 0 Å². The number of nitrogens with one attached hydrogen (secondary N) is 2. The summed E-state index contributed by atoms with van der Waals surface area (Å²) in [6.45, 7) is 0.166. The number of hydrogen-bond donors (Lipinski definition) is 2. The first-order valence-corrected chi connectivity index (χ1v) is 9.51. The first kappa shape index (κ1) is 19.0. The minimum absolute atomic E-state index is 0.193. The van der Waals surface area contributed by atoms with Gasteiger partial charge in [0.15, 0.2) is 18.1 Å². The predicted molar refractivity (Wildman–Crippen MR) is 97.1 cm³/mol. The number of hydrazine groups is 1. The molecular weight excluding hydrogens is 382 g/mol. The number of imide groups is 1. The topological polar surface area (TPSA) is 123 Å². The number of carbonyl (C=O) groups excluding carboxylic acids is 4. The summed E-state index contributed by atoms with van der Waals surface area (Å²) >= 11 is 0. The fourth-order valence-electron chi connectivity index (χ4n) is 3.76. The Morgan fingerprint density at radius 2 is 1.83 bits per heavy atom. The Hall–Kier alpha value is -3.30. The van der Waals surface area contributed by atoms with Crippen LogP contribution in [0.15, 0.2) is 18.2 Å². The Labute approximate surface area is 166 Å². The third-order valence-corrected chi connectivity index (χ3v) is 5.22. The Kier molecular flexibility index (Phi) is 4.99. The van der Waals surface area contributed by atoms with Crippen molar-refractivity contribution >= 4 is 23.8 Å². The highest BCUT2D eigenvalue weighted by atomic mass is 16.6. The molecule has 10 nitrogen and oxygen atoms in total. The van der Waals surface area contributed by atoms with E-state index in [4.69, 9.17) is 14.2 Å². The molecule has 1 aliphatic carbocycles. The van der Waals surface area contributed by atoms with Crippen LogP contribution in [0.5, 0.6) is 11.5 Å². The number of rotatable bonds is 4. The van der Waals surface area contributed by atoms with Crippen molar-refractivity contribution in [2.24, 2.45) is 0 Å². The van der Waals surface area contributed by atoms with Gasteiger partial charge in [0.05, 0.1) is 5.56 Å². The van der Waals surface area contributed by atoms with Gasteiger partial charge in [0.1, 0.15) is 18.8 Å². The van der Waals surface area contributed by atoms with E-state index in [2.05, 4.69) is 10.7 Å². The highest BCUT2D eigenvalue weighted by Gasteiger charge is 2.52. The molecule has 1 aromatic rings. The van der Waals surface area contributed by atoms with Gasteiger partial charge in [-0.3, -0.25) is 15.0 Å². The molecule has 1 saturated heterocycles. The maximum absolute atomic E-state index is 12.6. The Balaban J connectivity index is 1.32. The summed E-state index contributed by atoms with van der Waals surface area (Å²) < 4.78 is 15.8. The number of amides is 4. The summed E-state index contributed by atoms with van der Waals surface area (Å²) in [4.78, 5) is 49.1. The van der Waals surface area contributed by atoms with Gasteiger partial charge in [0.25, 0.3) is 11.8 Å². The zero-order chi connectivity index (χ0) is 20.4. The number of urea groups is 1. The van der Waals surface area contributed by atoms with Crippen LogP contribution in [-0.2, 0) is 14.3 Å². The lowest BCUT2D eigenvalue weighted by Crippen LogP contribution is -2.51. The Morgan fingerprint density at radius 1 is 1.10 bits per heavy atom. The van der Waals surface area contributed by atoms with Gasteiger partial charge in [0, 0.05) is 0 Å². The van der Waals surface area contributed by atoms with Crippen LogP contribution in [0.1, 0.15) is 42.5 Å². The number of hydrogen-bond acceptors (Lipinski definition) is 7. The van der Waals surface area contributed by atoms with Gasteiger partial charge in [-0.1, -0.05) is 19.3 Å². The predicted octanol–water partition coefficient (Wildman–Crippen LogP) is 0.900. The van der Waals surface area contributed by atoms with E-state index in [-0.39, 0.29) is 5.56 Å². The summed E-state index contributed by atoms with van der Waals surface area (Å²) in [5.74, 6) is -1.05. The van der Waals surface area contributed by atoms with E-state index in [1.807, 2.05) is 0 Å². The average molecular weight is 403 g/mol. The fraction of sp³-hybridized carbons (Fsp3) is 0.474. The average Bonchev–Trinajstić information content (AvgIpc) is 2.96. The zero-order valence-corrected chi connectivity index (χ0v) is 15.7. The Bertz CT molecular complexity index is 863. The normalized spacial score (nSPS) is 19.7. The molecule has 29 heavy (non-hydrogen) atoms. The molecule has 1 spiro atoms. The lowest BCUT2D eigenvalue weighted by molar-refractivity contribution is -0.140. The highest BCUT2D eigenvalue weighted by molar-refractivity contribution is 6.08. The molecule has 2 N–H and O–H groups in total. The number of esters is 1. The van der Waals surface area contributed by atoms with Crippen molar-refractivity contribution in [1.82, 2.24) is 15.8 Å². The molecule has 4 rings (SSSR count). The number of carbonyl (C=O) groups is 4. The van der Waals surface area contributed by atoms with Crippen LogP contribution in [0.4, 0.5) is 4.79 Å². The molecule has 0 bridgehead atoms. The van der Waals surface area contributed by atoms with Crippen molar-refractivity contribution in [3.05, 3.63) is 23.8 Å². The minimum atomic E-state index is -0.940. The van der Waals surface area contributed by atoms with Crippen molar-refractivity contribution in [2.75, 3.05) is 19.8 Å². The van der Waals surface area contributed by atoms with E-state index < -0.39 is 36.0 Å². The summed E-state index contributed by atoms with van der Waals surface area (Å²) in [5, 5.41) is 3.36. The summed E-state index contributed by atoms with van der Waals surface area (Å²) in [5.41, 5.74) is 1.47. The number of benzene rings is 1. The lowest BCUT2D eigenvalue weighted by Gasteiger charge is -2.30. The number of fused-ring (bicyclic) bond motifs is 1. The molecule has 0 aromatic heterocycles. The second kappa shape index (κ2) is 7.61. The lowest BCUT2D eigenvalue weighted by atomic mass is 9.82. The van der Waals surface area contributed by atoms with Gasteiger partial charge in [-0.2, -0.15) is 5.01 Å². The fourth-order valence-corrected chi connectivity index (χ4v) is 3.76. The first-order valence-electron chi connectivity index (χ1n) is 9.51. The molecule has 1 aromatic carbocycles. The van der Waals surface area contributed by atoms with Crippen LogP contribution in [0.2, 0.25) is 0 Å². The van der Waals surface area contributed by atoms with Crippen molar-refractivity contribution in [1.29, 1.82) is 0 Å². The van der Waals surface area contributed by atoms with Crippen molar-refractivity contribution in [3.8, 4) is 11.5 Å². The van der Waals surface area contributed by atoms with Crippen LogP contribution >= 0.6 is 0 Å². The minimum Gasteiger partial charge on any atom is -0.486 e. The van der Waals surface area contributed by atoms with Gasteiger partial charge < -0.3 is 19.5 Å². The van der Waals surface area contributed by atoms with Gasteiger partial charge in [0.2, 0.25) is 0 Å². The van der Waals surface area contributed by atoms with Crippen molar-refractivity contribution in [2.45, 2.75) is 37.6 Å². The van der Waals surface area contributed by atoms with Crippen LogP contribution in [0.3, 0.4) is 0 Å². The molecule has 4 amide bonds. The molecule has 3 aliphatic rings. The summed E-state index contributed by atoms with van der Waals surface area (Å²) in [6.07, 6.45) is 3.76. The van der Waals surface area contributed by atoms with E-state index in [1.54, 1.807) is 6.07 Å². The van der Waals surface area contributed by atoms with Crippen LogP contribution < -0.4 is 20.2 Å². The van der Waals surface area contributed by atoms with Crippen LogP contribution in [-0.4, -0.2) is 54.2 Å². The molecule has 0 radical (unpaired) electrons. The zero-order valence-electron chi connectivity index (χ0n) is 15.7. The van der Waals surface area contributed by atoms with Crippen molar-refractivity contribution < 1.29 is 33.4 Å². The molecule has 1 saturated carbocycles. The van der Waals surface area contributed by atoms with Crippen LogP contribution in [0, 0.1) is 0 Å². The van der Waals surface area contributed by atoms with E-state index in [0.717, 1.165) is 19.3 Å². The monoisotopic (exact) mass is 403 g/mol. The highest BCUT2D eigenvalue weighted by Crippen LogP contribution is 2.33. The molecule has 154 valence electrons. The maximum atomic E-state index is 12.6. The summed E-state index contributed by atoms with van der Waals surface area (Å²) in [7, 11) is 0. The molecular formula is C19H21N3O7. The maximum Gasteiger partial charge on any atom is 0.344 e. The smallest absolute Gasteiger partial charge is 0.344 e. The van der Waals surface area contributed by atoms with Crippen LogP contribution in [0.25, 0.3) is 0 Å². The second-order valence-electron chi connectivity index (χ2n) is 7.18. The third-order valence-electron chi connectivity index (χ3n) is 5.22. The molecule has 10 heteroatoms. The number of nitrogens with zero attached hydrogens (tertiary/aromatic N) is 1. The molecule has 2 fully saturated rings. The van der Waals surface area contributed by atoms with E-state index in [0.29, 0.717) is 42.6 Å². The van der Waals surface area contributed by atoms with E-state index in [9.17, 15) is 19.2 Å². The molecule has 2 heterocycles. The van der Waals surface area contributed by atoms with Crippen molar-refractivity contribution in [3.63, 3.8) is 0 Å². The largest absolute Gasteiger partial charge is 0.486 e.